The molecule has 0 bridgehead atoms. The second-order valence-corrected chi connectivity index (χ2v) is 5.73. The molecule has 0 saturated carbocycles. The molecule has 0 aliphatic rings. The molecule has 1 aromatic carbocycles. The lowest BCUT2D eigenvalue weighted by Crippen LogP contribution is -2.21. The van der Waals surface area contributed by atoms with Crippen molar-refractivity contribution < 1.29 is 0 Å². The van der Waals surface area contributed by atoms with Crippen molar-refractivity contribution in [3.63, 3.8) is 0 Å². The lowest BCUT2D eigenvalue weighted by molar-refractivity contribution is 0.661. The normalized spacial score (nSPS) is 12.5. The van der Waals surface area contributed by atoms with Crippen LogP contribution in [0.2, 0.25) is 0 Å². The number of rotatable bonds is 3. The van der Waals surface area contributed by atoms with Gasteiger partial charge in [-0.25, -0.2) is 0 Å². The molecule has 0 aliphatic carbocycles. The van der Waals surface area contributed by atoms with Crippen molar-refractivity contribution in [1.29, 1.82) is 0 Å². The number of aryl methyl sites for hydroxylation is 5. The van der Waals surface area contributed by atoms with Crippen LogP contribution in [0.25, 0.3) is 0 Å². The lowest BCUT2D eigenvalue weighted by atomic mass is 9.92. The Morgan fingerprint density at radius 3 is 2.10 bits per heavy atom. The molecule has 2 nitrogen and oxygen atoms in total. The molecule has 0 amide bonds. The zero-order valence-corrected chi connectivity index (χ0v) is 13.3. The van der Waals surface area contributed by atoms with E-state index in [1.54, 1.807) is 0 Å². The third-order valence-electron chi connectivity index (χ3n) is 4.01. The number of aromatic nitrogens is 1. The monoisotopic (exact) mass is 268 g/mol. The number of pyridine rings is 1. The van der Waals surface area contributed by atoms with Crippen LogP contribution >= 0.6 is 0 Å². The largest absolute Gasteiger partial charge is 0.308 e. The molecule has 0 radical (unpaired) electrons. The molecular weight excluding hydrogens is 244 g/mol. The summed E-state index contributed by atoms with van der Waals surface area (Å²) in [5.74, 6) is 0. The van der Waals surface area contributed by atoms with Crippen LogP contribution in [-0.4, -0.2) is 12.0 Å². The molecule has 1 N–H and O–H groups in total. The van der Waals surface area contributed by atoms with Gasteiger partial charge in [0.1, 0.15) is 0 Å². The zero-order chi connectivity index (χ0) is 14.9. The Hall–Kier alpha value is -1.67. The highest BCUT2D eigenvalue weighted by atomic mass is 14.9. The summed E-state index contributed by atoms with van der Waals surface area (Å²) in [6, 6.07) is 6.89. The van der Waals surface area contributed by atoms with E-state index in [9.17, 15) is 0 Å². The van der Waals surface area contributed by atoms with Gasteiger partial charge in [-0.15, -0.1) is 0 Å². The summed E-state index contributed by atoms with van der Waals surface area (Å²) in [5.41, 5.74) is 8.86. The molecule has 1 heterocycles. The van der Waals surface area contributed by atoms with Gasteiger partial charge in [0.05, 0.1) is 11.7 Å². The van der Waals surface area contributed by atoms with Gasteiger partial charge in [0, 0.05) is 6.20 Å². The maximum absolute atomic E-state index is 4.66. The Balaban J connectivity index is 2.55. The molecule has 2 heteroatoms. The van der Waals surface area contributed by atoms with E-state index in [-0.39, 0.29) is 6.04 Å². The fraction of sp³-hybridized carbons (Fsp3) is 0.389. The average molecular weight is 268 g/mol. The maximum atomic E-state index is 4.66. The molecule has 0 spiro atoms. The van der Waals surface area contributed by atoms with Crippen LogP contribution in [0, 0.1) is 34.6 Å². The number of nitrogens with one attached hydrogen (secondary N) is 1. The minimum absolute atomic E-state index is 0.148. The molecule has 2 aromatic rings. The molecule has 106 valence electrons. The molecule has 0 aliphatic heterocycles. The van der Waals surface area contributed by atoms with E-state index in [0.29, 0.717) is 0 Å². The number of hydrogen-bond donors (Lipinski definition) is 1. The van der Waals surface area contributed by atoms with Gasteiger partial charge in [-0.2, -0.15) is 0 Å². The standard InChI is InChI=1S/C18H24N2/c1-11-7-15(5)17(20-10-11)18(19-6)16-9-13(3)12(2)8-14(16)4/h7-10,18-19H,1-6H3. The first kappa shape index (κ1) is 14.7. The third-order valence-corrected chi connectivity index (χ3v) is 4.01. The Labute approximate surface area is 122 Å². The van der Waals surface area contributed by atoms with E-state index in [4.69, 9.17) is 0 Å². The van der Waals surface area contributed by atoms with Crippen LogP contribution < -0.4 is 5.32 Å². The molecular formula is C18H24N2. The van der Waals surface area contributed by atoms with Gasteiger partial charge in [0.2, 0.25) is 0 Å². The van der Waals surface area contributed by atoms with Gasteiger partial charge in [-0.1, -0.05) is 18.2 Å². The molecule has 1 aromatic heterocycles. The molecule has 2 rings (SSSR count). The third kappa shape index (κ3) is 2.75. The van der Waals surface area contributed by atoms with E-state index in [1.165, 1.54) is 33.4 Å². The highest BCUT2D eigenvalue weighted by Gasteiger charge is 2.18. The molecule has 20 heavy (non-hydrogen) atoms. The highest BCUT2D eigenvalue weighted by Crippen LogP contribution is 2.27. The molecule has 0 fully saturated rings. The Morgan fingerprint density at radius 1 is 0.850 bits per heavy atom. The number of nitrogens with zero attached hydrogens (tertiary/aromatic N) is 1. The van der Waals surface area contributed by atoms with Crippen molar-refractivity contribution in [3.05, 3.63) is 63.5 Å². The maximum Gasteiger partial charge on any atom is 0.0754 e. The van der Waals surface area contributed by atoms with Crippen molar-refractivity contribution in [2.24, 2.45) is 0 Å². The summed E-state index contributed by atoms with van der Waals surface area (Å²) < 4.78 is 0. The van der Waals surface area contributed by atoms with Crippen molar-refractivity contribution in [3.8, 4) is 0 Å². The first-order valence-corrected chi connectivity index (χ1v) is 7.12. The van der Waals surface area contributed by atoms with Crippen LogP contribution in [0.1, 0.15) is 45.1 Å². The van der Waals surface area contributed by atoms with Crippen molar-refractivity contribution >= 4 is 0 Å². The lowest BCUT2D eigenvalue weighted by Gasteiger charge is -2.21. The van der Waals surface area contributed by atoms with Crippen molar-refractivity contribution in [2.75, 3.05) is 7.05 Å². The average Bonchev–Trinajstić information content (AvgIpc) is 2.38. The highest BCUT2D eigenvalue weighted by molar-refractivity contribution is 5.42. The van der Waals surface area contributed by atoms with Gasteiger partial charge in [0.15, 0.2) is 0 Å². The van der Waals surface area contributed by atoms with Gasteiger partial charge < -0.3 is 5.32 Å². The Morgan fingerprint density at radius 2 is 1.50 bits per heavy atom. The minimum atomic E-state index is 0.148. The number of benzene rings is 1. The summed E-state index contributed by atoms with van der Waals surface area (Å²) >= 11 is 0. The Bertz CT molecular complexity index is 630. The second-order valence-electron chi connectivity index (χ2n) is 5.73. The van der Waals surface area contributed by atoms with E-state index in [1.807, 2.05) is 13.2 Å². The van der Waals surface area contributed by atoms with Crippen LogP contribution in [0.5, 0.6) is 0 Å². The summed E-state index contributed by atoms with van der Waals surface area (Å²) in [5, 5.41) is 3.42. The van der Waals surface area contributed by atoms with Gasteiger partial charge in [-0.05, 0) is 75.0 Å². The van der Waals surface area contributed by atoms with Crippen LogP contribution in [0.4, 0.5) is 0 Å². The summed E-state index contributed by atoms with van der Waals surface area (Å²) in [6.45, 7) is 10.7. The van der Waals surface area contributed by atoms with Crippen LogP contribution in [-0.2, 0) is 0 Å². The van der Waals surface area contributed by atoms with Gasteiger partial charge >= 0.3 is 0 Å². The van der Waals surface area contributed by atoms with E-state index >= 15 is 0 Å². The molecule has 1 unspecified atom stereocenters. The van der Waals surface area contributed by atoms with Crippen LogP contribution in [0.15, 0.2) is 24.4 Å². The minimum Gasteiger partial charge on any atom is -0.308 e. The van der Waals surface area contributed by atoms with Crippen molar-refractivity contribution in [1.82, 2.24) is 10.3 Å². The first-order valence-electron chi connectivity index (χ1n) is 7.12. The fourth-order valence-corrected chi connectivity index (χ4v) is 2.76. The van der Waals surface area contributed by atoms with Gasteiger partial charge in [0.25, 0.3) is 0 Å². The zero-order valence-electron chi connectivity index (χ0n) is 13.3. The Kier molecular flexibility index (Phi) is 4.24. The number of hydrogen-bond acceptors (Lipinski definition) is 2. The topological polar surface area (TPSA) is 24.9 Å². The smallest absolute Gasteiger partial charge is 0.0754 e. The van der Waals surface area contributed by atoms with E-state index in [2.05, 4.69) is 63.1 Å². The molecule has 0 saturated heterocycles. The first-order chi connectivity index (χ1) is 9.43. The fourth-order valence-electron chi connectivity index (χ4n) is 2.76. The quantitative estimate of drug-likeness (QED) is 0.912. The van der Waals surface area contributed by atoms with E-state index in [0.717, 1.165) is 5.69 Å². The predicted octanol–water partition coefficient (Wildman–Crippen LogP) is 3.93. The van der Waals surface area contributed by atoms with Crippen molar-refractivity contribution in [2.45, 2.75) is 40.7 Å². The SMILES string of the molecule is CNC(c1cc(C)c(C)cc1C)c1ncc(C)cc1C. The predicted molar refractivity (Wildman–Crippen MR) is 85.3 cm³/mol. The van der Waals surface area contributed by atoms with E-state index < -0.39 is 0 Å². The summed E-state index contributed by atoms with van der Waals surface area (Å²) in [6.07, 6.45) is 1.95. The van der Waals surface area contributed by atoms with Gasteiger partial charge in [-0.3, -0.25) is 4.98 Å². The van der Waals surface area contributed by atoms with Crippen LogP contribution in [0.3, 0.4) is 0 Å². The summed E-state index contributed by atoms with van der Waals surface area (Å²) in [7, 11) is 2.00. The summed E-state index contributed by atoms with van der Waals surface area (Å²) in [4.78, 5) is 4.66. The second kappa shape index (κ2) is 5.76. The molecule has 1 atom stereocenters.